The summed E-state index contributed by atoms with van der Waals surface area (Å²) in [5.41, 5.74) is 0.444. The molecule has 0 fully saturated rings. The van der Waals surface area contributed by atoms with Crippen LogP contribution in [0.3, 0.4) is 0 Å². The zero-order valence-corrected chi connectivity index (χ0v) is 18.0. The van der Waals surface area contributed by atoms with Gasteiger partial charge in [0.05, 0.1) is 29.9 Å². The van der Waals surface area contributed by atoms with Crippen LogP contribution in [0.5, 0.6) is 5.75 Å². The van der Waals surface area contributed by atoms with E-state index < -0.39 is 28.6 Å². The minimum Gasteiger partial charge on any atom is -0.497 e. The maximum absolute atomic E-state index is 12.9. The second kappa shape index (κ2) is 10.6. The highest BCUT2D eigenvalue weighted by Crippen LogP contribution is 2.24. The number of hydrogen-bond acceptors (Lipinski definition) is 7. The average molecular weight is 435 g/mol. The van der Waals surface area contributed by atoms with Crippen molar-refractivity contribution in [2.24, 2.45) is 0 Å². The number of carbonyl (C=O) groups is 2. The number of benzene rings is 2. The number of methoxy groups -OCH3 is 1. The Bertz CT molecular complexity index is 971. The summed E-state index contributed by atoms with van der Waals surface area (Å²) in [6.45, 7) is 1.69. The van der Waals surface area contributed by atoms with E-state index in [0.29, 0.717) is 11.4 Å². The number of carbonyl (C=O) groups excluding carboxylic acids is 2. The van der Waals surface area contributed by atoms with Crippen LogP contribution in [0.4, 0.5) is 5.69 Å². The summed E-state index contributed by atoms with van der Waals surface area (Å²) in [4.78, 5) is 23.7. The molecule has 2 aromatic carbocycles. The number of hydrogen-bond donors (Lipinski definition) is 0. The fourth-order valence-corrected chi connectivity index (χ4v) is 3.69. The summed E-state index contributed by atoms with van der Waals surface area (Å²) < 4.78 is 41.9. The predicted octanol–water partition coefficient (Wildman–Crippen LogP) is 3.02. The molecule has 162 valence electrons. The maximum Gasteiger partial charge on any atom is 0.344 e. The lowest BCUT2D eigenvalue weighted by Gasteiger charge is -2.20. The third-order valence-corrected chi connectivity index (χ3v) is 6.03. The van der Waals surface area contributed by atoms with Gasteiger partial charge in [0, 0.05) is 7.05 Å². The molecule has 0 radical (unpaired) electrons. The fraction of sp³-hybridized carbons (Fsp3) is 0.333. The molecule has 0 spiro atoms. The van der Waals surface area contributed by atoms with E-state index in [1.807, 2.05) is 6.92 Å². The van der Waals surface area contributed by atoms with Crippen LogP contribution >= 0.6 is 0 Å². The highest BCUT2D eigenvalue weighted by atomic mass is 32.2. The first kappa shape index (κ1) is 23.2. The molecule has 2 aromatic rings. The molecule has 9 heteroatoms. The van der Waals surface area contributed by atoms with Crippen LogP contribution in [0, 0.1) is 0 Å². The number of nitrogens with zero attached hydrogens (tertiary/aromatic N) is 1. The van der Waals surface area contributed by atoms with Gasteiger partial charge in [-0.2, -0.15) is 0 Å². The van der Waals surface area contributed by atoms with Gasteiger partial charge in [-0.1, -0.05) is 19.4 Å². The van der Waals surface area contributed by atoms with Crippen LogP contribution in [0.15, 0.2) is 53.4 Å². The molecule has 0 aromatic heterocycles. The van der Waals surface area contributed by atoms with Crippen molar-refractivity contribution in [1.29, 1.82) is 0 Å². The Morgan fingerprint density at radius 3 is 2.37 bits per heavy atom. The second-order valence-corrected chi connectivity index (χ2v) is 8.32. The Labute approximate surface area is 176 Å². The molecule has 30 heavy (non-hydrogen) atoms. The molecule has 0 aliphatic heterocycles. The van der Waals surface area contributed by atoms with Crippen molar-refractivity contribution >= 4 is 27.6 Å². The number of anilines is 1. The fourth-order valence-electron chi connectivity index (χ4n) is 2.45. The molecule has 0 aliphatic carbocycles. The monoisotopic (exact) mass is 435 g/mol. The van der Waals surface area contributed by atoms with E-state index in [9.17, 15) is 18.0 Å². The van der Waals surface area contributed by atoms with Crippen LogP contribution in [0.2, 0.25) is 0 Å². The Morgan fingerprint density at radius 2 is 1.73 bits per heavy atom. The highest BCUT2D eigenvalue weighted by Gasteiger charge is 2.23. The van der Waals surface area contributed by atoms with E-state index in [0.717, 1.165) is 17.1 Å². The molecule has 0 bridgehead atoms. The number of sulfonamides is 1. The molecule has 0 aliphatic rings. The van der Waals surface area contributed by atoms with Gasteiger partial charge in [0.25, 0.3) is 10.0 Å². The van der Waals surface area contributed by atoms with Gasteiger partial charge < -0.3 is 14.2 Å². The lowest BCUT2D eigenvalue weighted by molar-refractivity contribution is -0.147. The van der Waals surface area contributed by atoms with Crippen LogP contribution < -0.4 is 9.04 Å². The van der Waals surface area contributed by atoms with E-state index in [1.165, 1.54) is 38.4 Å². The van der Waals surface area contributed by atoms with Gasteiger partial charge >= 0.3 is 11.9 Å². The smallest absolute Gasteiger partial charge is 0.344 e. The van der Waals surface area contributed by atoms with Crippen molar-refractivity contribution < 1.29 is 32.2 Å². The zero-order valence-electron chi connectivity index (χ0n) is 17.2. The molecule has 0 saturated heterocycles. The van der Waals surface area contributed by atoms with Gasteiger partial charge in [0.1, 0.15) is 5.75 Å². The topological polar surface area (TPSA) is 99.2 Å². The van der Waals surface area contributed by atoms with Crippen molar-refractivity contribution in [3.63, 3.8) is 0 Å². The van der Waals surface area contributed by atoms with Gasteiger partial charge in [-0.05, 0) is 48.9 Å². The van der Waals surface area contributed by atoms with Crippen LogP contribution in [0.25, 0.3) is 0 Å². The van der Waals surface area contributed by atoms with E-state index in [1.54, 1.807) is 24.3 Å². The number of rotatable bonds is 10. The Balaban J connectivity index is 2.10. The van der Waals surface area contributed by atoms with Gasteiger partial charge in [0.15, 0.2) is 6.61 Å². The molecule has 2 rings (SSSR count). The van der Waals surface area contributed by atoms with Gasteiger partial charge in [-0.15, -0.1) is 0 Å². The number of unbranched alkanes of at least 4 members (excludes halogenated alkanes) is 1. The standard InChI is InChI=1S/C21H25NO7S/c1-4-5-13-28-20(23)15-29-21(24)16-7-6-8-19(14-16)30(25,26)22(2)17-9-11-18(27-3)12-10-17/h6-12,14H,4-5,13,15H2,1-3H3. The van der Waals surface area contributed by atoms with Gasteiger partial charge in [0.2, 0.25) is 0 Å². The number of ether oxygens (including phenoxy) is 3. The van der Waals surface area contributed by atoms with Crippen molar-refractivity contribution in [3.05, 3.63) is 54.1 Å². The first-order chi connectivity index (χ1) is 14.3. The summed E-state index contributed by atoms with van der Waals surface area (Å²) in [5.74, 6) is -0.867. The molecule has 0 saturated carbocycles. The van der Waals surface area contributed by atoms with Crippen molar-refractivity contribution in [2.75, 3.05) is 31.7 Å². The predicted molar refractivity (Wildman–Crippen MR) is 111 cm³/mol. The van der Waals surface area contributed by atoms with Crippen molar-refractivity contribution in [3.8, 4) is 5.75 Å². The third-order valence-electron chi connectivity index (χ3n) is 4.25. The van der Waals surface area contributed by atoms with Gasteiger partial charge in [-0.25, -0.2) is 18.0 Å². The molecular formula is C21H25NO7S. The first-order valence-electron chi connectivity index (χ1n) is 9.35. The Hall–Kier alpha value is -3.07. The second-order valence-electron chi connectivity index (χ2n) is 6.35. The lowest BCUT2D eigenvalue weighted by atomic mass is 10.2. The van der Waals surface area contributed by atoms with E-state index in [2.05, 4.69) is 0 Å². The molecule has 0 N–H and O–H groups in total. The minimum absolute atomic E-state index is 0.0144. The molecule has 0 heterocycles. The zero-order chi connectivity index (χ0) is 22.1. The minimum atomic E-state index is -3.92. The van der Waals surface area contributed by atoms with Crippen LogP contribution in [0.1, 0.15) is 30.1 Å². The molecule has 0 amide bonds. The molecule has 8 nitrogen and oxygen atoms in total. The normalized spacial score (nSPS) is 10.9. The number of esters is 2. The van der Waals surface area contributed by atoms with E-state index in [-0.39, 0.29) is 17.1 Å². The summed E-state index contributed by atoms with van der Waals surface area (Å²) >= 11 is 0. The Morgan fingerprint density at radius 1 is 1.03 bits per heavy atom. The first-order valence-corrected chi connectivity index (χ1v) is 10.8. The lowest BCUT2D eigenvalue weighted by Crippen LogP contribution is -2.26. The highest BCUT2D eigenvalue weighted by molar-refractivity contribution is 7.92. The SMILES string of the molecule is CCCCOC(=O)COC(=O)c1cccc(S(=O)(=O)N(C)c2ccc(OC)cc2)c1. The van der Waals surface area contributed by atoms with Crippen LogP contribution in [-0.2, 0) is 24.3 Å². The largest absolute Gasteiger partial charge is 0.497 e. The maximum atomic E-state index is 12.9. The molecule has 0 unspecified atom stereocenters. The summed E-state index contributed by atoms with van der Waals surface area (Å²) in [5, 5.41) is 0. The quantitative estimate of drug-likeness (QED) is 0.418. The third kappa shape index (κ3) is 5.96. The van der Waals surface area contributed by atoms with Crippen LogP contribution in [-0.4, -0.2) is 47.7 Å². The molecular weight excluding hydrogens is 410 g/mol. The van der Waals surface area contributed by atoms with Crippen molar-refractivity contribution in [1.82, 2.24) is 0 Å². The summed E-state index contributed by atoms with van der Waals surface area (Å²) in [6.07, 6.45) is 1.60. The molecule has 0 atom stereocenters. The summed E-state index contributed by atoms with van der Waals surface area (Å²) in [7, 11) is -0.991. The van der Waals surface area contributed by atoms with E-state index >= 15 is 0 Å². The average Bonchev–Trinajstić information content (AvgIpc) is 2.77. The summed E-state index contributed by atoms with van der Waals surface area (Å²) in [6, 6.07) is 12.0. The van der Waals surface area contributed by atoms with Crippen molar-refractivity contribution in [2.45, 2.75) is 24.7 Å². The van der Waals surface area contributed by atoms with E-state index in [4.69, 9.17) is 14.2 Å². The Kier molecular flexibility index (Phi) is 8.23. The van der Waals surface area contributed by atoms with Gasteiger partial charge in [-0.3, -0.25) is 4.31 Å².